The van der Waals surface area contributed by atoms with Gasteiger partial charge < -0.3 is 9.52 Å². The molecule has 172 valence electrons. The van der Waals surface area contributed by atoms with Crippen molar-refractivity contribution in [1.82, 2.24) is 9.97 Å². The third kappa shape index (κ3) is 5.45. The molecule has 0 bridgehead atoms. The second-order valence-corrected chi connectivity index (χ2v) is 9.42. The number of pyridine rings is 1. The Balaban J connectivity index is 1.59. The molecule has 0 unspecified atom stereocenters. The Morgan fingerprint density at radius 1 is 1.03 bits per heavy atom. The molecular formula is C26H21Cl2N3O2S. The fourth-order valence-corrected chi connectivity index (χ4v) is 4.78. The summed E-state index contributed by atoms with van der Waals surface area (Å²) in [7, 11) is 0. The average Bonchev–Trinajstić information content (AvgIpc) is 3.33. The normalized spacial score (nSPS) is 10.9. The van der Waals surface area contributed by atoms with Crippen LogP contribution in [0.25, 0.3) is 22.6 Å². The average molecular weight is 510 g/mol. The molecular weight excluding hydrogens is 489 g/mol. The lowest BCUT2D eigenvalue weighted by atomic mass is 9.96. The van der Waals surface area contributed by atoms with Crippen LogP contribution in [0.15, 0.2) is 64.2 Å². The molecule has 2 heterocycles. The number of nitriles is 1. The number of hydrogen-bond acceptors (Lipinski definition) is 6. The Labute approximate surface area is 212 Å². The van der Waals surface area contributed by atoms with Crippen molar-refractivity contribution in [3.05, 3.63) is 87.4 Å². The zero-order valence-electron chi connectivity index (χ0n) is 18.4. The van der Waals surface area contributed by atoms with Gasteiger partial charge in [0.25, 0.3) is 0 Å². The Hall–Kier alpha value is -2.82. The second-order valence-electron chi connectivity index (χ2n) is 7.66. The van der Waals surface area contributed by atoms with Gasteiger partial charge in [0.05, 0.1) is 11.3 Å². The molecule has 8 heteroatoms. The Morgan fingerprint density at radius 3 is 2.41 bits per heavy atom. The molecule has 0 fully saturated rings. The highest BCUT2D eigenvalue weighted by molar-refractivity contribution is 7.98. The maximum Gasteiger partial charge on any atom is 0.226 e. The van der Waals surface area contributed by atoms with Crippen LogP contribution < -0.4 is 0 Å². The van der Waals surface area contributed by atoms with Crippen LogP contribution in [0.5, 0.6) is 0 Å². The third-order valence-corrected chi connectivity index (χ3v) is 6.95. The minimum Gasteiger partial charge on any atom is -0.444 e. The van der Waals surface area contributed by atoms with Crippen LogP contribution in [0.4, 0.5) is 0 Å². The van der Waals surface area contributed by atoms with Gasteiger partial charge in [-0.15, -0.1) is 0 Å². The summed E-state index contributed by atoms with van der Waals surface area (Å²) in [5.74, 6) is 0.974. The van der Waals surface area contributed by atoms with E-state index in [2.05, 4.69) is 16.0 Å². The number of rotatable bonds is 8. The van der Waals surface area contributed by atoms with E-state index in [9.17, 15) is 5.26 Å². The van der Waals surface area contributed by atoms with Crippen molar-refractivity contribution >= 4 is 35.0 Å². The molecule has 34 heavy (non-hydrogen) atoms. The van der Waals surface area contributed by atoms with Gasteiger partial charge >= 0.3 is 0 Å². The molecule has 0 saturated heterocycles. The summed E-state index contributed by atoms with van der Waals surface area (Å²) in [5, 5.41) is 20.6. The van der Waals surface area contributed by atoms with Crippen molar-refractivity contribution in [3.8, 4) is 28.7 Å². The molecule has 4 rings (SSSR count). The van der Waals surface area contributed by atoms with E-state index in [1.807, 2.05) is 43.3 Å². The number of nitrogens with zero attached hydrogens (tertiary/aromatic N) is 3. The Kier molecular flexibility index (Phi) is 7.91. The van der Waals surface area contributed by atoms with E-state index in [-0.39, 0.29) is 6.61 Å². The summed E-state index contributed by atoms with van der Waals surface area (Å²) in [6, 6.07) is 17.6. The number of oxazole rings is 1. The van der Waals surface area contributed by atoms with Gasteiger partial charge in [0.2, 0.25) is 5.89 Å². The number of hydrogen-bond donors (Lipinski definition) is 1. The molecule has 2 aromatic carbocycles. The van der Waals surface area contributed by atoms with Gasteiger partial charge in [0.15, 0.2) is 0 Å². The van der Waals surface area contributed by atoms with Crippen molar-refractivity contribution in [2.45, 2.75) is 30.5 Å². The maximum atomic E-state index is 10.00. The van der Waals surface area contributed by atoms with E-state index < -0.39 is 0 Å². The van der Waals surface area contributed by atoms with Crippen LogP contribution in [0.2, 0.25) is 10.2 Å². The van der Waals surface area contributed by atoms with E-state index in [1.54, 1.807) is 18.4 Å². The molecule has 0 aliphatic heterocycles. The molecule has 5 nitrogen and oxygen atoms in total. The highest BCUT2D eigenvalue weighted by atomic mass is 35.5. The lowest BCUT2D eigenvalue weighted by molar-refractivity contribution is 0.288. The monoisotopic (exact) mass is 509 g/mol. The van der Waals surface area contributed by atoms with E-state index in [0.717, 1.165) is 39.9 Å². The summed E-state index contributed by atoms with van der Waals surface area (Å²) in [4.78, 5) is 9.03. The smallest absolute Gasteiger partial charge is 0.226 e. The SMILES string of the molecule is Cc1c(Cl)nc(SCc2coc(-c3ccc(Cl)cc3)n2)c(C#N)c1-c1ccc(CCCO)cc1. The molecule has 0 aliphatic rings. The lowest BCUT2D eigenvalue weighted by Crippen LogP contribution is -1.98. The Bertz CT molecular complexity index is 1330. The van der Waals surface area contributed by atoms with Crippen LogP contribution in [-0.2, 0) is 12.2 Å². The van der Waals surface area contributed by atoms with Crippen molar-refractivity contribution < 1.29 is 9.52 Å². The topological polar surface area (TPSA) is 82.9 Å². The summed E-state index contributed by atoms with van der Waals surface area (Å²) in [6.07, 6.45) is 3.12. The fraction of sp³-hybridized carbons (Fsp3) is 0.192. The number of halogens is 2. The van der Waals surface area contributed by atoms with Crippen LogP contribution in [0.1, 0.15) is 28.8 Å². The van der Waals surface area contributed by atoms with Crippen molar-refractivity contribution in [1.29, 1.82) is 5.26 Å². The van der Waals surface area contributed by atoms with Gasteiger partial charge in [-0.2, -0.15) is 5.26 Å². The summed E-state index contributed by atoms with van der Waals surface area (Å²) >= 11 is 13.8. The Morgan fingerprint density at radius 2 is 1.74 bits per heavy atom. The first kappa shape index (κ1) is 24.3. The molecule has 0 spiro atoms. The summed E-state index contributed by atoms with van der Waals surface area (Å²) < 4.78 is 5.62. The number of aliphatic hydroxyl groups is 1. The first-order valence-corrected chi connectivity index (χ1v) is 12.4. The standard InChI is InChI=1S/C26H21Cl2N3O2S/c1-16-23(18-6-4-17(5-7-18)3-2-12-32)22(13-29)26(31-24(16)28)34-15-21-14-33-25(30-21)19-8-10-20(27)11-9-19/h4-11,14,32H,2-3,12,15H2,1H3. The van der Waals surface area contributed by atoms with Gasteiger partial charge in [-0.3, -0.25) is 0 Å². The molecule has 4 aromatic rings. The molecule has 0 saturated carbocycles. The number of aromatic nitrogens is 2. The molecule has 0 aliphatic carbocycles. The highest BCUT2D eigenvalue weighted by Gasteiger charge is 2.19. The number of benzene rings is 2. The van der Waals surface area contributed by atoms with Gasteiger partial charge in [-0.25, -0.2) is 9.97 Å². The van der Waals surface area contributed by atoms with E-state index in [1.165, 1.54) is 11.8 Å². The fourth-order valence-electron chi connectivity index (χ4n) is 3.56. The minimum atomic E-state index is 0.159. The number of aliphatic hydroxyl groups excluding tert-OH is 1. The molecule has 0 radical (unpaired) electrons. The van der Waals surface area contributed by atoms with Crippen molar-refractivity contribution in [2.24, 2.45) is 0 Å². The van der Waals surface area contributed by atoms with Crippen LogP contribution in [-0.4, -0.2) is 21.7 Å². The van der Waals surface area contributed by atoms with Gasteiger partial charge in [-0.1, -0.05) is 59.2 Å². The van der Waals surface area contributed by atoms with Gasteiger partial charge in [0, 0.05) is 28.5 Å². The summed E-state index contributed by atoms with van der Waals surface area (Å²) in [5.41, 5.74) is 5.62. The zero-order valence-corrected chi connectivity index (χ0v) is 20.7. The molecule has 2 aromatic heterocycles. The first-order chi connectivity index (χ1) is 16.5. The predicted octanol–water partition coefficient (Wildman–Crippen LogP) is 7.11. The number of aryl methyl sites for hydroxylation is 1. The lowest BCUT2D eigenvalue weighted by Gasteiger charge is -2.14. The zero-order chi connectivity index (χ0) is 24.1. The molecule has 1 N–H and O–H groups in total. The van der Waals surface area contributed by atoms with Gasteiger partial charge in [0.1, 0.15) is 22.5 Å². The quantitative estimate of drug-likeness (QED) is 0.201. The van der Waals surface area contributed by atoms with Crippen molar-refractivity contribution in [3.63, 3.8) is 0 Å². The van der Waals surface area contributed by atoms with Crippen LogP contribution in [0, 0.1) is 18.3 Å². The maximum absolute atomic E-state index is 10.00. The largest absolute Gasteiger partial charge is 0.444 e. The highest BCUT2D eigenvalue weighted by Crippen LogP contribution is 2.37. The third-order valence-electron chi connectivity index (χ3n) is 5.33. The van der Waals surface area contributed by atoms with E-state index in [0.29, 0.717) is 38.8 Å². The summed E-state index contributed by atoms with van der Waals surface area (Å²) in [6.45, 7) is 2.03. The van der Waals surface area contributed by atoms with Crippen LogP contribution in [0.3, 0.4) is 0 Å². The number of thioether (sulfide) groups is 1. The van der Waals surface area contributed by atoms with E-state index in [4.69, 9.17) is 32.7 Å². The van der Waals surface area contributed by atoms with Crippen LogP contribution >= 0.6 is 35.0 Å². The molecule has 0 atom stereocenters. The molecule has 0 amide bonds. The van der Waals surface area contributed by atoms with Crippen molar-refractivity contribution in [2.75, 3.05) is 6.61 Å². The second kappa shape index (κ2) is 11.1. The minimum absolute atomic E-state index is 0.159. The van der Waals surface area contributed by atoms with Gasteiger partial charge in [-0.05, 0) is 60.7 Å². The van der Waals surface area contributed by atoms with E-state index >= 15 is 0 Å². The predicted molar refractivity (Wildman–Crippen MR) is 136 cm³/mol. The first-order valence-electron chi connectivity index (χ1n) is 10.6.